The van der Waals surface area contributed by atoms with Gasteiger partial charge in [-0.3, -0.25) is 4.90 Å². The van der Waals surface area contributed by atoms with Crippen LogP contribution in [0.1, 0.15) is 70.6 Å². The molecule has 3 aliphatic rings. The summed E-state index contributed by atoms with van der Waals surface area (Å²) in [6.45, 7) is 2.48. The van der Waals surface area contributed by atoms with Crippen LogP contribution in [-0.4, -0.2) is 34.7 Å². The molecule has 1 saturated heterocycles. The Morgan fingerprint density at radius 3 is 2.06 bits per heavy atom. The molecule has 0 amide bonds. The number of aliphatic hydroxyl groups excluding tert-OH is 1. The second-order valence-corrected chi connectivity index (χ2v) is 6.85. The van der Waals surface area contributed by atoms with Crippen LogP contribution in [0.5, 0.6) is 0 Å². The molecular weight excluding hydrogens is 222 g/mol. The van der Waals surface area contributed by atoms with E-state index in [4.69, 9.17) is 0 Å². The van der Waals surface area contributed by atoms with Gasteiger partial charge in [0, 0.05) is 5.54 Å². The number of hydrogen-bond donors (Lipinski definition) is 1. The molecule has 18 heavy (non-hydrogen) atoms. The van der Waals surface area contributed by atoms with Gasteiger partial charge in [-0.15, -0.1) is 0 Å². The summed E-state index contributed by atoms with van der Waals surface area (Å²) < 4.78 is 0. The lowest BCUT2D eigenvalue weighted by atomic mass is 9.75. The topological polar surface area (TPSA) is 23.5 Å². The minimum Gasteiger partial charge on any atom is -0.391 e. The molecular formula is C16H29NO. The molecule has 2 nitrogen and oxygen atoms in total. The summed E-state index contributed by atoms with van der Waals surface area (Å²) in [5.74, 6) is 0.595. The zero-order valence-electron chi connectivity index (χ0n) is 11.7. The van der Waals surface area contributed by atoms with E-state index in [1.54, 1.807) is 0 Å². The summed E-state index contributed by atoms with van der Waals surface area (Å²) >= 11 is 0. The Kier molecular flexibility index (Phi) is 3.95. The van der Waals surface area contributed by atoms with Crippen LogP contribution in [0.3, 0.4) is 0 Å². The van der Waals surface area contributed by atoms with Crippen molar-refractivity contribution in [3.8, 4) is 0 Å². The molecule has 104 valence electrons. The normalized spacial score (nSPS) is 31.8. The maximum Gasteiger partial charge on any atom is 0.0751 e. The molecule has 3 rings (SSSR count). The number of nitrogens with zero attached hydrogens (tertiary/aromatic N) is 1. The van der Waals surface area contributed by atoms with E-state index in [0.29, 0.717) is 5.92 Å². The Morgan fingerprint density at radius 2 is 1.44 bits per heavy atom. The van der Waals surface area contributed by atoms with Crippen LogP contribution in [0.15, 0.2) is 0 Å². The SMILES string of the molecule is OC(C1CCCCC1)C1(N2CCCC2)CCCC1. The van der Waals surface area contributed by atoms with Crippen molar-refractivity contribution in [1.82, 2.24) is 4.90 Å². The Labute approximate surface area is 112 Å². The van der Waals surface area contributed by atoms with E-state index in [0.717, 1.165) is 0 Å². The fourth-order valence-electron chi connectivity index (χ4n) is 4.84. The lowest BCUT2D eigenvalue weighted by Gasteiger charge is -2.46. The van der Waals surface area contributed by atoms with E-state index in [1.807, 2.05) is 0 Å². The molecule has 0 aromatic rings. The first-order chi connectivity index (χ1) is 8.83. The van der Waals surface area contributed by atoms with E-state index in [1.165, 1.54) is 83.7 Å². The van der Waals surface area contributed by atoms with Gasteiger partial charge in [0.2, 0.25) is 0 Å². The molecule has 1 aliphatic heterocycles. The number of hydrogen-bond acceptors (Lipinski definition) is 2. The average molecular weight is 251 g/mol. The smallest absolute Gasteiger partial charge is 0.0751 e. The predicted molar refractivity (Wildman–Crippen MR) is 74.6 cm³/mol. The Balaban J connectivity index is 1.75. The lowest BCUT2D eigenvalue weighted by Crippen LogP contribution is -2.56. The standard InChI is InChI=1S/C16H29NO/c18-15(14-8-2-1-3-9-14)16(10-4-5-11-16)17-12-6-7-13-17/h14-15,18H,1-13H2. The van der Waals surface area contributed by atoms with Gasteiger partial charge >= 0.3 is 0 Å². The van der Waals surface area contributed by atoms with Crippen LogP contribution >= 0.6 is 0 Å². The first-order valence-corrected chi connectivity index (χ1v) is 8.26. The van der Waals surface area contributed by atoms with Crippen molar-refractivity contribution >= 4 is 0 Å². The van der Waals surface area contributed by atoms with Crippen molar-refractivity contribution in [3.05, 3.63) is 0 Å². The monoisotopic (exact) mass is 251 g/mol. The van der Waals surface area contributed by atoms with Crippen LogP contribution < -0.4 is 0 Å². The van der Waals surface area contributed by atoms with E-state index in [2.05, 4.69) is 4.90 Å². The average Bonchev–Trinajstić information content (AvgIpc) is 3.10. The molecule has 0 radical (unpaired) electrons. The molecule has 1 atom stereocenters. The second-order valence-electron chi connectivity index (χ2n) is 6.85. The highest BCUT2D eigenvalue weighted by Gasteiger charge is 2.48. The van der Waals surface area contributed by atoms with E-state index < -0.39 is 0 Å². The quantitative estimate of drug-likeness (QED) is 0.831. The third-order valence-corrected chi connectivity index (χ3v) is 5.85. The first kappa shape index (κ1) is 12.9. The van der Waals surface area contributed by atoms with Crippen molar-refractivity contribution in [2.75, 3.05) is 13.1 Å². The molecule has 2 aliphatic carbocycles. The van der Waals surface area contributed by atoms with E-state index in [9.17, 15) is 5.11 Å². The molecule has 0 bridgehead atoms. The maximum atomic E-state index is 11.0. The van der Waals surface area contributed by atoms with Gasteiger partial charge in [0.1, 0.15) is 0 Å². The molecule has 2 heteroatoms. The molecule has 1 unspecified atom stereocenters. The third kappa shape index (κ3) is 2.22. The highest BCUT2D eigenvalue weighted by molar-refractivity contribution is 5.03. The maximum absolute atomic E-state index is 11.0. The van der Waals surface area contributed by atoms with Gasteiger partial charge in [0.25, 0.3) is 0 Å². The van der Waals surface area contributed by atoms with Crippen LogP contribution in [-0.2, 0) is 0 Å². The van der Waals surface area contributed by atoms with Crippen LogP contribution in [0, 0.1) is 5.92 Å². The van der Waals surface area contributed by atoms with Crippen LogP contribution in [0.2, 0.25) is 0 Å². The summed E-state index contributed by atoms with van der Waals surface area (Å²) in [5, 5.41) is 11.0. The first-order valence-electron chi connectivity index (χ1n) is 8.26. The van der Waals surface area contributed by atoms with Gasteiger partial charge in [-0.25, -0.2) is 0 Å². The number of likely N-dealkylation sites (tertiary alicyclic amines) is 1. The lowest BCUT2D eigenvalue weighted by molar-refractivity contribution is -0.0582. The van der Waals surface area contributed by atoms with Gasteiger partial charge in [-0.1, -0.05) is 32.1 Å². The zero-order valence-corrected chi connectivity index (χ0v) is 11.7. The van der Waals surface area contributed by atoms with E-state index >= 15 is 0 Å². The number of aliphatic hydroxyl groups is 1. The molecule has 0 aromatic carbocycles. The van der Waals surface area contributed by atoms with Gasteiger partial charge in [-0.05, 0) is 57.5 Å². The van der Waals surface area contributed by atoms with Gasteiger partial charge < -0.3 is 5.11 Å². The molecule has 0 spiro atoms. The van der Waals surface area contributed by atoms with Gasteiger partial charge in [0.05, 0.1) is 6.10 Å². The second kappa shape index (κ2) is 5.50. The minimum atomic E-state index is -0.0431. The van der Waals surface area contributed by atoms with Gasteiger partial charge in [0.15, 0.2) is 0 Å². The molecule has 2 saturated carbocycles. The highest BCUT2D eigenvalue weighted by atomic mass is 16.3. The fraction of sp³-hybridized carbons (Fsp3) is 1.00. The van der Waals surface area contributed by atoms with E-state index in [-0.39, 0.29) is 11.6 Å². The summed E-state index contributed by atoms with van der Waals surface area (Å²) in [4.78, 5) is 2.67. The van der Waals surface area contributed by atoms with Crippen molar-refractivity contribution < 1.29 is 5.11 Å². The fourth-order valence-corrected chi connectivity index (χ4v) is 4.84. The molecule has 0 aromatic heterocycles. The molecule has 1 N–H and O–H groups in total. The summed E-state index contributed by atoms with van der Waals surface area (Å²) in [6, 6.07) is 0. The van der Waals surface area contributed by atoms with Crippen molar-refractivity contribution in [2.45, 2.75) is 82.3 Å². The van der Waals surface area contributed by atoms with Crippen molar-refractivity contribution in [1.29, 1.82) is 0 Å². The Bertz CT molecular complexity index is 260. The summed E-state index contributed by atoms with van der Waals surface area (Å²) in [5.41, 5.74) is 0.179. The van der Waals surface area contributed by atoms with Crippen LogP contribution in [0.4, 0.5) is 0 Å². The Hall–Kier alpha value is -0.0800. The number of rotatable bonds is 3. The summed E-state index contributed by atoms with van der Waals surface area (Å²) in [7, 11) is 0. The predicted octanol–water partition coefficient (Wildman–Crippen LogP) is 3.34. The van der Waals surface area contributed by atoms with Gasteiger partial charge in [-0.2, -0.15) is 0 Å². The molecule has 3 fully saturated rings. The summed E-state index contributed by atoms with van der Waals surface area (Å²) in [6.07, 6.45) is 14.5. The van der Waals surface area contributed by atoms with Crippen molar-refractivity contribution in [3.63, 3.8) is 0 Å². The third-order valence-electron chi connectivity index (χ3n) is 5.85. The van der Waals surface area contributed by atoms with Crippen LogP contribution in [0.25, 0.3) is 0 Å². The minimum absolute atomic E-state index is 0.0431. The Morgan fingerprint density at radius 1 is 0.833 bits per heavy atom. The molecule has 1 heterocycles. The zero-order chi connectivity index (χ0) is 12.4. The van der Waals surface area contributed by atoms with Crippen molar-refractivity contribution in [2.24, 2.45) is 5.92 Å². The highest BCUT2D eigenvalue weighted by Crippen LogP contribution is 2.44. The largest absolute Gasteiger partial charge is 0.391 e.